The van der Waals surface area contributed by atoms with E-state index < -0.39 is 0 Å². The average molecular weight is 268 g/mol. The third-order valence-electron chi connectivity index (χ3n) is 2.21. The molecule has 18 heavy (non-hydrogen) atoms. The highest BCUT2D eigenvalue weighted by molar-refractivity contribution is 7.99. The summed E-state index contributed by atoms with van der Waals surface area (Å²) in [5, 5.41) is 4.29. The average Bonchev–Trinajstić information content (AvgIpc) is 2.33. The van der Waals surface area contributed by atoms with E-state index in [0.717, 1.165) is 17.1 Å². The molecule has 100 valence electrons. The molecule has 0 fully saturated rings. The zero-order valence-electron chi connectivity index (χ0n) is 11.3. The molecule has 0 aliphatic carbocycles. The molecule has 1 aromatic rings. The van der Waals surface area contributed by atoms with E-state index >= 15 is 0 Å². The second-order valence-corrected chi connectivity index (χ2v) is 5.90. The summed E-state index contributed by atoms with van der Waals surface area (Å²) in [6.07, 6.45) is 1.74. The molecule has 1 rings (SSSR count). The van der Waals surface area contributed by atoms with Crippen LogP contribution in [0.25, 0.3) is 0 Å². The summed E-state index contributed by atoms with van der Waals surface area (Å²) in [5.41, 5.74) is 1.15. The van der Waals surface area contributed by atoms with Crippen molar-refractivity contribution in [3.8, 4) is 0 Å². The van der Waals surface area contributed by atoms with E-state index in [2.05, 4.69) is 35.8 Å². The van der Waals surface area contributed by atoms with Gasteiger partial charge in [-0.05, 0) is 32.4 Å². The Bertz CT molecular complexity index is 402. The van der Waals surface area contributed by atoms with Gasteiger partial charge in [0.2, 0.25) is 0 Å². The Hall–Kier alpha value is -1.07. The summed E-state index contributed by atoms with van der Waals surface area (Å²) in [7, 11) is 1.39. The van der Waals surface area contributed by atoms with E-state index in [1.807, 2.05) is 12.1 Å². The van der Waals surface area contributed by atoms with Crippen LogP contribution in [0.2, 0.25) is 0 Å². The summed E-state index contributed by atoms with van der Waals surface area (Å²) in [4.78, 5) is 15.4. The zero-order valence-corrected chi connectivity index (χ0v) is 12.1. The van der Waals surface area contributed by atoms with Crippen molar-refractivity contribution in [3.05, 3.63) is 23.9 Å². The standard InChI is InChI=1S/C13H20N2O2S/c1-13(2,3)15-8-10-6-5-7-14-12(10)18-9-11(16)17-4/h5-7,15H,8-9H2,1-4H3. The maximum Gasteiger partial charge on any atom is 0.316 e. The lowest BCUT2D eigenvalue weighted by Gasteiger charge is -2.21. The van der Waals surface area contributed by atoms with E-state index in [1.54, 1.807) is 6.20 Å². The fourth-order valence-electron chi connectivity index (χ4n) is 1.24. The Balaban J connectivity index is 2.64. The summed E-state index contributed by atoms with van der Waals surface area (Å²) < 4.78 is 4.62. The maximum atomic E-state index is 11.1. The fraction of sp³-hybridized carbons (Fsp3) is 0.538. The third kappa shape index (κ3) is 5.51. The number of thioether (sulfide) groups is 1. The van der Waals surface area contributed by atoms with E-state index in [4.69, 9.17) is 0 Å². The van der Waals surface area contributed by atoms with Crippen molar-refractivity contribution in [2.45, 2.75) is 37.9 Å². The van der Waals surface area contributed by atoms with Gasteiger partial charge in [0.1, 0.15) is 5.03 Å². The maximum absolute atomic E-state index is 11.1. The first-order chi connectivity index (χ1) is 8.42. The molecule has 0 saturated carbocycles. The quantitative estimate of drug-likeness (QED) is 0.655. The number of carbonyl (C=O) groups is 1. The fourth-order valence-corrected chi connectivity index (χ4v) is 2.07. The molecule has 1 heterocycles. The SMILES string of the molecule is COC(=O)CSc1ncccc1CNC(C)(C)C. The zero-order chi connectivity index (χ0) is 13.6. The van der Waals surface area contributed by atoms with Crippen LogP contribution in [-0.4, -0.2) is 29.4 Å². The second kappa shape index (κ2) is 6.75. The lowest BCUT2D eigenvalue weighted by Crippen LogP contribution is -2.35. The molecule has 1 aromatic heterocycles. The third-order valence-corrected chi connectivity index (χ3v) is 3.23. The number of rotatable bonds is 5. The number of methoxy groups -OCH3 is 1. The highest BCUT2D eigenvalue weighted by Gasteiger charge is 2.12. The topological polar surface area (TPSA) is 51.2 Å². The van der Waals surface area contributed by atoms with Crippen LogP contribution >= 0.6 is 11.8 Å². The van der Waals surface area contributed by atoms with Gasteiger partial charge in [0.15, 0.2) is 0 Å². The minimum Gasteiger partial charge on any atom is -0.468 e. The lowest BCUT2D eigenvalue weighted by molar-refractivity contribution is -0.137. The number of hydrogen-bond acceptors (Lipinski definition) is 5. The molecule has 4 nitrogen and oxygen atoms in total. The number of nitrogens with zero attached hydrogens (tertiary/aromatic N) is 1. The van der Waals surface area contributed by atoms with E-state index in [0.29, 0.717) is 0 Å². The van der Waals surface area contributed by atoms with Gasteiger partial charge in [-0.3, -0.25) is 4.79 Å². The number of nitrogens with one attached hydrogen (secondary N) is 1. The molecule has 0 radical (unpaired) electrons. The summed E-state index contributed by atoms with van der Waals surface area (Å²) in [6, 6.07) is 3.92. The summed E-state index contributed by atoms with van der Waals surface area (Å²) >= 11 is 1.40. The molecule has 0 atom stereocenters. The van der Waals surface area contributed by atoms with Crippen molar-refractivity contribution < 1.29 is 9.53 Å². The minimum atomic E-state index is -0.236. The monoisotopic (exact) mass is 268 g/mol. The number of pyridine rings is 1. The van der Waals surface area contributed by atoms with Gasteiger partial charge in [-0.2, -0.15) is 0 Å². The molecule has 5 heteroatoms. The first kappa shape index (κ1) is 15.0. The van der Waals surface area contributed by atoms with Crippen LogP contribution in [0.5, 0.6) is 0 Å². The van der Waals surface area contributed by atoms with Gasteiger partial charge < -0.3 is 10.1 Å². The number of aromatic nitrogens is 1. The highest BCUT2D eigenvalue weighted by Crippen LogP contribution is 2.20. The Kier molecular flexibility index (Phi) is 5.62. The number of carbonyl (C=O) groups excluding carboxylic acids is 1. The Morgan fingerprint density at radius 1 is 1.50 bits per heavy atom. The van der Waals surface area contributed by atoms with Gasteiger partial charge in [0.25, 0.3) is 0 Å². The van der Waals surface area contributed by atoms with Crippen LogP contribution in [0.15, 0.2) is 23.4 Å². The first-order valence-electron chi connectivity index (χ1n) is 5.81. The second-order valence-electron chi connectivity index (χ2n) is 4.94. The Morgan fingerprint density at radius 2 is 2.22 bits per heavy atom. The van der Waals surface area contributed by atoms with Crippen molar-refractivity contribution in [2.24, 2.45) is 0 Å². The molecule has 1 N–H and O–H groups in total. The molecule has 0 aromatic carbocycles. The molecule has 0 aliphatic heterocycles. The molecular weight excluding hydrogens is 248 g/mol. The van der Waals surface area contributed by atoms with Crippen LogP contribution in [0.3, 0.4) is 0 Å². The van der Waals surface area contributed by atoms with Crippen LogP contribution in [0.4, 0.5) is 0 Å². The van der Waals surface area contributed by atoms with Gasteiger partial charge in [0, 0.05) is 18.3 Å². The highest BCUT2D eigenvalue weighted by atomic mass is 32.2. The van der Waals surface area contributed by atoms with Crippen LogP contribution in [0.1, 0.15) is 26.3 Å². The van der Waals surface area contributed by atoms with E-state index in [-0.39, 0.29) is 17.3 Å². The van der Waals surface area contributed by atoms with Gasteiger partial charge in [-0.1, -0.05) is 17.8 Å². The molecule has 0 unspecified atom stereocenters. The van der Waals surface area contributed by atoms with Crippen molar-refractivity contribution in [1.29, 1.82) is 0 Å². The van der Waals surface area contributed by atoms with Crippen LogP contribution in [-0.2, 0) is 16.1 Å². The number of esters is 1. The molecular formula is C13H20N2O2S. The predicted molar refractivity (Wildman–Crippen MR) is 73.6 cm³/mol. The van der Waals surface area contributed by atoms with Crippen molar-refractivity contribution in [1.82, 2.24) is 10.3 Å². The lowest BCUT2D eigenvalue weighted by atomic mass is 10.1. The molecule has 0 amide bonds. The molecule has 0 saturated heterocycles. The minimum absolute atomic E-state index is 0.0557. The van der Waals surface area contributed by atoms with Crippen molar-refractivity contribution in [3.63, 3.8) is 0 Å². The summed E-state index contributed by atoms with van der Waals surface area (Å²) in [6.45, 7) is 7.08. The predicted octanol–water partition coefficient (Wildman–Crippen LogP) is 2.23. The molecule has 0 spiro atoms. The number of ether oxygens (including phenoxy) is 1. The van der Waals surface area contributed by atoms with Gasteiger partial charge in [0.05, 0.1) is 12.9 Å². The first-order valence-corrected chi connectivity index (χ1v) is 6.79. The van der Waals surface area contributed by atoms with E-state index in [9.17, 15) is 4.79 Å². The Labute approximate surface area is 113 Å². The van der Waals surface area contributed by atoms with Crippen LogP contribution < -0.4 is 5.32 Å². The van der Waals surface area contributed by atoms with Crippen LogP contribution in [0, 0.1) is 0 Å². The van der Waals surface area contributed by atoms with Gasteiger partial charge in [-0.25, -0.2) is 4.98 Å². The van der Waals surface area contributed by atoms with Gasteiger partial charge in [-0.15, -0.1) is 0 Å². The molecule has 0 bridgehead atoms. The Morgan fingerprint density at radius 3 is 2.83 bits per heavy atom. The van der Waals surface area contributed by atoms with Crippen molar-refractivity contribution in [2.75, 3.05) is 12.9 Å². The number of hydrogen-bond donors (Lipinski definition) is 1. The van der Waals surface area contributed by atoms with Gasteiger partial charge >= 0.3 is 5.97 Å². The largest absolute Gasteiger partial charge is 0.468 e. The van der Waals surface area contributed by atoms with E-state index in [1.165, 1.54) is 18.9 Å². The smallest absolute Gasteiger partial charge is 0.316 e. The normalized spacial score (nSPS) is 11.3. The molecule has 0 aliphatic rings. The van der Waals surface area contributed by atoms with Crippen molar-refractivity contribution >= 4 is 17.7 Å². The summed E-state index contributed by atoms with van der Waals surface area (Å²) in [5.74, 6) is 0.0520.